The van der Waals surface area contributed by atoms with Gasteiger partial charge in [-0.05, 0) is 32.4 Å². The van der Waals surface area contributed by atoms with Gasteiger partial charge in [0.1, 0.15) is 0 Å². The average molecular weight is 269 g/mol. The van der Waals surface area contributed by atoms with E-state index in [1.165, 1.54) is 51.6 Å². The molecule has 1 saturated heterocycles. The number of piperidine rings is 1. The Labute approximate surface area is 119 Å². The second kappa shape index (κ2) is 10.4. The second-order valence-corrected chi connectivity index (χ2v) is 5.37. The van der Waals surface area contributed by atoms with Crippen molar-refractivity contribution in [2.45, 2.75) is 64.2 Å². The average Bonchev–Trinajstić information content (AvgIpc) is 2.47. The summed E-state index contributed by atoms with van der Waals surface area (Å²) in [6.45, 7) is 4.79. The molecule has 0 amide bonds. The molecule has 1 aliphatic rings. The summed E-state index contributed by atoms with van der Waals surface area (Å²) in [7, 11) is 3.39. The van der Waals surface area contributed by atoms with E-state index in [1.54, 1.807) is 14.2 Å². The number of hydrogen-bond donors (Lipinski definition) is 0. The Kier molecular flexibility index (Phi) is 9.14. The predicted molar refractivity (Wildman–Crippen MR) is 80.3 cm³/mol. The Morgan fingerprint density at radius 1 is 1.11 bits per heavy atom. The third-order valence-corrected chi connectivity index (χ3v) is 3.93. The van der Waals surface area contributed by atoms with Crippen molar-refractivity contribution >= 4 is 0 Å². The van der Waals surface area contributed by atoms with Gasteiger partial charge in [0.2, 0.25) is 0 Å². The van der Waals surface area contributed by atoms with Crippen molar-refractivity contribution in [3.8, 4) is 0 Å². The molecule has 0 N–H and O–H groups in total. The first-order valence-electron chi connectivity index (χ1n) is 7.78. The monoisotopic (exact) mass is 269 g/mol. The topological polar surface area (TPSA) is 21.7 Å². The molecule has 0 spiro atoms. The first kappa shape index (κ1) is 16.7. The number of ether oxygens (including phenoxy) is 2. The molecule has 1 aliphatic heterocycles. The van der Waals surface area contributed by atoms with Crippen molar-refractivity contribution in [1.82, 2.24) is 4.90 Å². The molecule has 0 aromatic rings. The molecule has 112 valence electrons. The van der Waals surface area contributed by atoms with Crippen LogP contribution in [0.1, 0.15) is 51.9 Å². The van der Waals surface area contributed by atoms with Crippen molar-refractivity contribution in [1.29, 1.82) is 0 Å². The van der Waals surface area contributed by atoms with Gasteiger partial charge < -0.3 is 9.47 Å². The Balaban J connectivity index is 2.45. The fourth-order valence-corrected chi connectivity index (χ4v) is 2.70. The van der Waals surface area contributed by atoms with Crippen LogP contribution in [-0.2, 0) is 9.47 Å². The van der Waals surface area contributed by atoms with E-state index in [2.05, 4.69) is 24.0 Å². The number of hydrogen-bond acceptors (Lipinski definition) is 3. The van der Waals surface area contributed by atoms with E-state index in [1.807, 2.05) is 0 Å². The van der Waals surface area contributed by atoms with Gasteiger partial charge >= 0.3 is 0 Å². The maximum absolute atomic E-state index is 5.22. The summed E-state index contributed by atoms with van der Waals surface area (Å²) in [4.78, 5) is 2.64. The zero-order valence-corrected chi connectivity index (χ0v) is 12.9. The van der Waals surface area contributed by atoms with Gasteiger partial charge in [0, 0.05) is 26.7 Å². The SMILES string of the molecule is CCCC[C@@H](/C=C/CC(OC)OC)N1CCCCC1. The van der Waals surface area contributed by atoms with Crippen LogP contribution in [0, 0.1) is 0 Å². The van der Waals surface area contributed by atoms with E-state index in [0.717, 1.165) is 6.42 Å². The van der Waals surface area contributed by atoms with Crippen LogP contribution in [0.2, 0.25) is 0 Å². The largest absolute Gasteiger partial charge is 0.356 e. The van der Waals surface area contributed by atoms with E-state index >= 15 is 0 Å². The lowest BCUT2D eigenvalue weighted by atomic mass is 10.0. The summed E-state index contributed by atoms with van der Waals surface area (Å²) in [6, 6.07) is 0.606. The Morgan fingerprint density at radius 3 is 2.37 bits per heavy atom. The highest BCUT2D eigenvalue weighted by atomic mass is 16.7. The van der Waals surface area contributed by atoms with E-state index < -0.39 is 0 Å². The minimum atomic E-state index is -0.107. The zero-order valence-electron chi connectivity index (χ0n) is 12.9. The number of likely N-dealkylation sites (tertiary alicyclic amines) is 1. The van der Waals surface area contributed by atoms with Crippen LogP contribution in [0.4, 0.5) is 0 Å². The molecule has 3 nitrogen and oxygen atoms in total. The molecule has 1 fully saturated rings. The Bertz CT molecular complexity index is 233. The van der Waals surface area contributed by atoms with Crippen LogP contribution in [0.25, 0.3) is 0 Å². The molecule has 1 atom stereocenters. The van der Waals surface area contributed by atoms with Gasteiger partial charge in [-0.15, -0.1) is 0 Å². The third kappa shape index (κ3) is 6.55. The summed E-state index contributed by atoms with van der Waals surface area (Å²) >= 11 is 0. The summed E-state index contributed by atoms with van der Waals surface area (Å²) in [5.41, 5.74) is 0. The molecule has 0 saturated carbocycles. The second-order valence-electron chi connectivity index (χ2n) is 5.37. The van der Waals surface area contributed by atoms with E-state index in [4.69, 9.17) is 9.47 Å². The normalized spacial score (nSPS) is 19.4. The first-order valence-corrected chi connectivity index (χ1v) is 7.78. The summed E-state index contributed by atoms with van der Waals surface area (Å²) in [5, 5.41) is 0. The predicted octanol–water partition coefficient (Wildman–Crippen LogP) is 3.60. The van der Waals surface area contributed by atoms with Crippen LogP contribution in [0.3, 0.4) is 0 Å². The van der Waals surface area contributed by atoms with Crippen LogP contribution < -0.4 is 0 Å². The molecule has 1 heterocycles. The van der Waals surface area contributed by atoms with Gasteiger partial charge in [-0.25, -0.2) is 0 Å². The Morgan fingerprint density at radius 2 is 1.79 bits per heavy atom. The fourth-order valence-electron chi connectivity index (χ4n) is 2.70. The van der Waals surface area contributed by atoms with Gasteiger partial charge in [0.25, 0.3) is 0 Å². The standard InChI is InChI=1S/C16H31NO2/c1-4-5-10-15(17-13-7-6-8-14-17)11-9-12-16(18-2)19-3/h9,11,15-16H,4-8,10,12-14H2,1-3H3/b11-9+/t15-/m0/s1. The number of rotatable bonds is 9. The van der Waals surface area contributed by atoms with Crippen molar-refractivity contribution in [3.05, 3.63) is 12.2 Å². The lowest BCUT2D eigenvalue weighted by Crippen LogP contribution is -2.38. The molecule has 0 radical (unpaired) electrons. The van der Waals surface area contributed by atoms with Crippen LogP contribution in [-0.4, -0.2) is 44.5 Å². The molecule has 3 heteroatoms. The molecule has 0 aromatic carbocycles. The molecule has 0 aromatic heterocycles. The highest BCUT2D eigenvalue weighted by Gasteiger charge is 2.17. The lowest BCUT2D eigenvalue weighted by molar-refractivity contribution is -0.0986. The maximum atomic E-state index is 5.22. The van der Waals surface area contributed by atoms with E-state index in [0.29, 0.717) is 6.04 Å². The first-order chi connectivity index (χ1) is 9.31. The van der Waals surface area contributed by atoms with Crippen LogP contribution in [0.15, 0.2) is 12.2 Å². The lowest BCUT2D eigenvalue weighted by Gasteiger charge is -2.33. The smallest absolute Gasteiger partial charge is 0.160 e. The third-order valence-electron chi connectivity index (χ3n) is 3.93. The molecular formula is C16H31NO2. The Hall–Kier alpha value is -0.380. The van der Waals surface area contributed by atoms with Crippen LogP contribution in [0.5, 0.6) is 0 Å². The molecule has 1 rings (SSSR count). The van der Waals surface area contributed by atoms with Gasteiger partial charge in [0.15, 0.2) is 6.29 Å². The molecule has 0 unspecified atom stereocenters. The minimum Gasteiger partial charge on any atom is -0.356 e. The fraction of sp³-hybridized carbons (Fsp3) is 0.875. The molecular weight excluding hydrogens is 238 g/mol. The van der Waals surface area contributed by atoms with Crippen molar-refractivity contribution in [3.63, 3.8) is 0 Å². The number of unbranched alkanes of at least 4 members (excludes halogenated alkanes) is 1. The molecule has 19 heavy (non-hydrogen) atoms. The maximum Gasteiger partial charge on any atom is 0.160 e. The zero-order chi connectivity index (χ0) is 13.9. The summed E-state index contributed by atoms with van der Waals surface area (Å²) in [5.74, 6) is 0. The highest BCUT2D eigenvalue weighted by molar-refractivity contribution is 4.95. The van der Waals surface area contributed by atoms with Gasteiger partial charge in [0.05, 0.1) is 0 Å². The van der Waals surface area contributed by atoms with E-state index in [9.17, 15) is 0 Å². The van der Waals surface area contributed by atoms with E-state index in [-0.39, 0.29) is 6.29 Å². The van der Waals surface area contributed by atoms with Gasteiger partial charge in [-0.3, -0.25) is 4.90 Å². The van der Waals surface area contributed by atoms with Crippen LogP contribution >= 0.6 is 0 Å². The highest BCUT2D eigenvalue weighted by Crippen LogP contribution is 2.17. The van der Waals surface area contributed by atoms with Crippen molar-refractivity contribution in [2.24, 2.45) is 0 Å². The quantitative estimate of drug-likeness (QED) is 0.471. The van der Waals surface area contributed by atoms with Crippen molar-refractivity contribution < 1.29 is 9.47 Å². The molecule has 0 bridgehead atoms. The van der Waals surface area contributed by atoms with Gasteiger partial charge in [-0.2, -0.15) is 0 Å². The molecule has 0 aliphatic carbocycles. The summed E-state index contributed by atoms with van der Waals surface area (Å²) < 4.78 is 10.4. The van der Waals surface area contributed by atoms with Crippen molar-refractivity contribution in [2.75, 3.05) is 27.3 Å². The summed E-state index contributed by atoms with van der Waals surface area (Å²) in [6.07, 6.45) is 13.3. The number of nitrogens with zero attached hydrogens (tertiary/aromatic N) is 1. The van der Waals surface area contributed by atoms with Gasteiger partial charge in [-0.1, -0.05) is 38.3 Å². The number of methoxy groups -OCH3 is 2. The minimum absolute atomic E-state index is 0.107.